The number of ether oxygens (including phenoxy) is 2. The van der Waals surface area contributed by atoms with Gasteiger partial charge in [-0.15, -0.1) is 0 Å². The van der Waals surface area contributed by atoms with Crippen LogP contribution in [0.4, 0.5) is 10.5 Å². The number of rotatable bonds is 10. The van der Waals surface area contributed by atoms with Gasteiger partial charge in [0, 0.05) is 17.3 Å². The molecule has 42 heavy (non-hydrogen) atoms. The van der Waals surface area contributed by atoms with Gasteiger partial charge in [-0.3, -0.25) is 19.3 Å². The van der Waals surface area contributed by atoms with E-state index in [1.165, 1.54) is 30.3 Å². The first kappa shape index (κ1) is 30.9. The molecule has 2 heterocycles. The lowest BCUT2D eigenvalue weighted by molar-refractivity contribution is -0.127. The summed E-state index contributed by atoms with van der Waals surface area (Å²) in [5, 5.41) is 2.31. The Balaban J connectivity index is 1.43. The molecular formula is C29H24Cl2N2O8S. The predicted molar refractivity (Wildman–Crippen MR) is 158 cm³/mol. The molecule has 1 aliphatic rings. The summed E-state index contributed by atoms with van der Waals surface area (Å²) in [5.41, 5.74) is 1.05. The number of hydrogen-bond acceptors (Lipinski definition) is 9. The largest absolute Gasteiger partial charge is 0.462 e. The molecule has 0 radical (unpaired) electrons. The second kappa shape index (κ2) is 13.7. The molecule has 1 aliphatic heterocycles. The van der Waals surface area contributed by atoms with Crippen LogP contribution in [-0.4, -0.2) is 53.7 Å². The van der Waals surface area contributed by atoms with E-state index in [0.29, 0.717) is 29.5 Å². The van der Waals surface area contributed by atoms with E-state index in [9.17, 15) is 24.0 Å². The van der Waals surface area contributed by atoms with Crippen molar-refractivity contribution >= 4 is 75.7 Å². The standard InChI is InChI=1S/C29H24Cl2N2O8S/c1-3-11-40-28(37)20-13-17(6-9-22(20)31)32-25(34)15-33-26(35)24(42-29(33)38)14-18-7-10-23(41-18)16-5-8-21(30)19(12-16)27(36)39-4-2/h5-10,12-14H,3-4,11,15H2,1-2H3,(H,32,34)/b24-14+. The third-order valence-electron chi connectivity index (χ3n) is 5.73. The number of imide groups is 1. The van der Waals surface area contributed by atoms with Crippen molar-refractivity contribution in [3.8, 4) is 11.3 Å². The van der Waals surface area contributed by atoms with Crippen LogP contribution >= 0.6 is 35.0 Å². The van der Waals surface area contributed by atoms with Crippen molar-refractivity contribution in [2.75, 3.05) is 25.1 Å². The number of thioether (sulfide) groups is 1. The quantitative estimate of drug-likeness (QED) is 0.192. The van der Waals surface area contributed by atoms with Crippen molar-refractivity contribution in [3.05, 3.63) is 80.4 Å². The predicted octanol–water partition coefficient (Wildman–Crippen LogP) is 6.67. The number of benzene rings is 2. The number of esters is 2. The molecule has 10 nitrogen and oxygen atoms in total. The molecule has 0 spiro atoms. The lowest BCUT2D eigenvalue weighted by atomic mass is 10.1. The SMILES string of the molecule is CCCOC(=O)c1cc(NC(=O)CN2C(=O)S/C(=C/c3ccc(-c4ccc(Cl)c(C(=O)OCC)c4)o3)C2=O)ccc1Cl. The number of nitrogens with zero attached hydrogens (tertiary/aromatic N) is 1. The monoisotopic (exact) mass is 630 g/mol. The van der Waals surface area contributed by atoms with Gasteiger partial charge in [0.1, 0.15) is 18.1 Å². The fraction of sp³-hybridized carbons (Fsp3) is 0.207. The van der Waals surface area contributed by atoms with Gasteiger partial charge in [0.05, 0.1) is 39.3 Å². The molecular weight excluding hydrogens is 607 g/mol. The van der Waals surface area contributed by atoms with Gasteiger partial charge in [-0.05, 0) is 73.6 Å². The highest BCUT2D eigenvalue weighted by molar-refractivity contribution is 8.18. The van der Waals surface area contributed by atoms with Crippen molar-refractivity contribution < 1.29 is 37.9 Å². The maximum atomic E-state index is 12.9. The number of amides is 3. The molecule has 0 saturated carbocycles. The van der Waals surface area contributed by atoms with Crippen molar-refractivity contribution in [1.82, 2.24) is 4.90 Å². The van der Waals surface area contributed by atoms with E-state index in [4.69, 9.17) is 37.1 Å². The Hall–Kier alpha value is -4.06. The van der Waals surface area contributed by atoms with Gasteiger partial charge in [0.2, 0.25) is 5.91 Å². The Morgan fingerprint density at radius 1 is 0.952 bits per heavy atom. The summed E-state index contributed by atoms with van der Waals surface area (Å²) in [5.74, 6) is -1.87. The maximum Gasteiger partial charge on any atom is 0.339 e. The summed E-state index contributed by atoms with van der Waals surface area (Å²) in [6, 6.07) is 12.3. The molecule has 0 atom stereocenters. The highest BCUT2D eigenvalue weighted by Gasteiger charge is 2.36. The van der Waals surface area contributed by atoms with Crippen LogP contribution in [0.5, 0.6) is 0 Å². The lowest BCUT2D eigenvalue weighted by Crippen LogP contribution is -2.36. The Morgan fingerprint density at radius 2 is 1.64 bits per heavy atom. The van der Waals surface area contributed by atoms with Crippen LogP contribution in [0, 0.1) is 0 Å². The fourth-order valence-electron chi connectivity index (χ4n) is 3.77. The molecule has 0 unspecified atom stereocenters. The number of halogens is 2. The lowest BCUT2D eigenvalue weighted by Gasteiger charge is -2.13. The number of hydrogen-bond donors (Lipinski definition) is 1. The second-order valence-corrected chi connectivity index (χ2v) is 10.6. The van der Waals surface area contributed by atoms with E-state index in [1.807, 2.05) is 6.92 Å². The molecule has 0 aliphatic carbocycles. The van der Waals surface area contributed by atoms with Gasteiger partial charge in [-0.25, -0.2) is 9.59 Å². The molecule has 1 N–H and O–H groups in total. The minimum Gasteiger partial charge on any atom is -0.462 e. The molecule has 218 valence electrons. The fourth-order valence-corrected chi connectivity index (χ4v) is 4.98. The zero-order chi connectivity index (χ0) is 30.4. The van der Waals surface area contributed by atoms with Gasteiger partial charge in [0.15, 0.2) is 0 Å². The van der Waals surface area contributed by atoms with Gasteiger partial charge in [-0.1, -0.05) is 30.1 Å². The van der Waals surface area contributed by atoms with E-state index in [2.05, 4.69) is 5.32 Å². The van der Waals surface area contributed by atoms with E-state index in [-0.39, 0.29) is 50.7 Å². The van der Waals surface area contributed by atoms with E-state index >= 15 is 0 Å². The van der Waals surface area contributed by atoms with E-state index < -0.39 is 35.5 Å². The topological polar surface area (TPSA) is 132 Å². The Morgan fingerprint density at radius 3 is 2.36 bits per heavy atom. The number of anilines is 1. The molecule has 1 aromatic heterocycles. The number of furan rings is 1. The summed E-state index contributed by atoms with van der Waals surface area (Å²) < 4.78 is 15.9. The molecule has 1 fully saturated rings. The van der Waals surface area contributed by atoms with Crippen molar-refractivity contribution in [2.24, 2.45) is 0 Å². The van der Waals surface area contributed by atoms with Crippen molar-refractivity contribution in [2.45, 2.75) is 20.3 Å². The second-order valence-electron chi connectivity index (χ2n) is 8.76. The maximum absolute atomic E-state index is 12.9. The van der Waals surface area contributed by atoms with Gasteiger partial charge < -0.3 is 19.2 Å². The summed E-state index contributed by atoms with van der Waals surface area (Å²) in [6.07, 6.45) is 2.02. The Bertz CT molecular complexity index is 1600. The van der Waals surface area contributed by atoms with Crippen LogP contribution < -0.4 is 5.32 Å². The van der Waals surface area contributed by atoms with Crippen molar-refractivity contribution in [1.29, 1.82) is 0 Å². The minimum atomic E-state index is -0.672. The molecule has 1 saturated heterocycles. The minimum absolute atomic E-state index is 0.0597. The summed E-state index contributed by atoms with van der Waals surface area (Å²) in [4.78, 5) is 63.4. The average Bonchev–Trinajstić information content (AvgIpc) is 3.53. The Labute approximate surface area is 254 Å². The highest BCUT2D eigenvalue weighted by Crippen LogP contribution is 2.34. The molecule has 3 aromatic rings. The number of nitrogens with one attached hydrogen (secondary N) is 1. The number of carbonyl (C=O) groups excluding carboxylic acids is 5. The van der Waals surface area contributed by atoms with Crippen LogP contribution in [0.1, 0.15) is 46.7 Å². The third-order valence-corrected chi connectivity index (χ3v) is 7.30. The normalized spacial score (nSPS) is 13.9. The molecule has 0 bridgehead atoms. The smallest absolute Gasteiger partial charge is 0.339 e. The van der Waals surface area contributed by atoms with Crippen molar-refractivity contribution in [3.63, 3.8) is 0 Å². The highest BCUT2D eigenvalue weighted by atomic mass is 35.5. The van der Waals surface area contributed by atoms with Crippen LogP contribution in [0.2, 0.25) is 10.0 Å². The molecule has 2 aromatic carbocycles. The summed E-state index contributed by atoms with van der Waals surface area (Å²) >= 11 is 12.9. The van der Waals surface area contributed by atoms with E-state index in [1.54, 1.807) is 31.2 Å². The third kappa shape index (κ3) is 7.22. The summed E-state index contributed by atoms with van der Waals surface area (Å²) in [6.45, 7) is 3.40. The first-order valence-electron chi connectivity index (χ1n) is 12.7. The van der Waals surface area contributed by atoms with Gasteiger partial charge in [-0.2, -0.15) is 0 Å². The molecule has 3 amide bonds. The van der Waals surface area contributed by atoms with Gasteiger partial charge in [0.25, 0.3) is 11.1 Å². The zero-order valence-electron chi connectivity index (χ0n) is 22.4. The van der Waals surface area contributed by atoms with Crippen LogP contribution in [0.15, 0.2) is 57.9 Å². The van der Waals surface area contributed by atoms with Crippen LogP contribution in [-0.2, 0) is 19.1 Å². The first-order chi connectivity index (χ1) is 20.1. The number of carbonyl (C=O) groups is 5. The Kier molecular flexibility index (Phi) is 10.1. The molecule has 4 rings (SSSR count). The van der Waals surface area contributed by atoms with E-state index in [0.717, 1.165) is 4.90 Å². The van der Waals surface area contributed by atoms with Crippen LogP contribution in [0.25, 0.3) is 17.4 Å². The molecule has 13 heteroatoms. The summed E-state index contributed by atoms with van der Waals surface area (Å²) in [7, 11) is 0. The first-order valence-corrected chi connectivity index (χ1v) is 14.3. The van der Waals surface area contributed by atoms with Crippen LogP contribution in [0.3, 0.4) is 0 Å². The average molecular weight is 631 g/mol. The van der Waals surface area contributed by atoms with Gasteiger partial charge >= 0.3 is 11.9 Å². The zero-order valence-corrected chi connectivity index (χ0v) is 24.7.